The number of nitrogens with one attached hydrogen (secondary N) is 1. The van der Waals surface area contributed by atoms with Crippen LogP contribution in [0.1, 0.15) is 10.4 Å². The second-order valence-corrected chi connectivity index (χ2v) is 5.74. The predicted octanol–water partition coefficient (Wildman–Crippen LogP) is 5.26. The molecule has 0 aliphatic rings. The van der Waals surface area contributed by atoms with Crippen molar-refractivity contribution in [3.63, 3.8) is 0 Å². The molecule has 0 heterocycles. The fourth-order valence-electron chi connectivity index (χ4n) is 1.43. The molecular formula is C13H7Br2ClFNO. The summed E-state index contributed by atoms with van der Waals surface area (Å²) in [5, 5.41) is 3.15. The molecule has 2 rings (SSSR count). The van der Waals surface area contributed by atoms with Crippen LogP contribution in [0, 0.1) is 5.82 Å². The minimum Gasteiger partial charge on any atom is -0.321 e. The zero-order chi connectivity index (χ0) is 14.0. The van der Waals surface area contributed by atoms with E-state index in [0.29, 0.717) is 19.7 Å². The lowest BCUT2D eigenvalue weighted by Gasteiger charge is -2.08. The Kier molecular flexibility index (Phi) is 4.60. The van der Waals surface area contributed by atoms with Gasteiger partial charge in [0.05, 0.1) is 19.7 Å². The van der Waals surface area contributed by atoms with Crippen LogP contribution in [0.5, 0.6) is 0 Å². The first kappa shape index (κ1) is 14.5. The van der Waals surface area contributed by atoms with Gasteiger partial charge in [-0.05, 0) is 62.2 Å². The molecule has 2 aromatic rings. The van der Waals surface area contributed by atoms with Crippen molar-refractivity contribution in [3.8, 4) is 0 Å². The van der Waals surface area contributed by atoms with Crippen LogP contribution >= 0.6 is 43.5 Å². The average Bonchev–Trinajstić information content (AvgIpc) is 2.38. The van der Waals surface area contributed by atoms with E-state index in [-0.39, 0.29) is 5.56 Å². The highest BCUT2D eigenvalue weighted by Gasteiger charge is 2.11. The molecule has 2 aromatic carbocycles. The predicted molar refractivity (Wildman–Crippen MR) is 81.2 cm³/mol. The number of hydrogen-bond acceptors (Lipinski definition) is 1. The molecule has 0 unspecified atom stereocenters. The van der Waals surface area contributed by atoms with E-state index < -0.39 is 11.7 Å². The van der Waals surface area contributed by atoms with E-state index in [1.165, 1.54) is 12.1 Å². The topological polar surface area (TPSA) is 29.1 Å². The number of rotatable bonds is 2. The highest BCUT2D eigenvalue weighted by molar-refractivity contribution is 9.11. The lowest BCUT2D eigenvalue weighted by molar-refractivity contribution is 0.102. The van der Waals surface area contributed by atoms with Crippen molar-refractivity contribution in [1.82, 2.24) is 0 Å². The van der Waals surface area contributed by atoms with E-state index in [2.05, 4.69) is 37.2 Å². The van der Waals surface area contributed by atoms with Gasteiger partial charge < -0.3 is 5.32 Å². The zero-order valence-electron chi connectivity index (χ0n) is 9.38. The van der Waals surface area contributed by atoms with Crippen molar-refractivity contribution < 1.29 is 9.18 Å². The Morgan fingerprint density at radius 2 is 1.95 bits per heavy atom. The maximum absolute atomic E-state index is 13.4. The smallest absolute Gasteiger partial charge is 0.255 e. The molecule has 0 aromatic heterocycles. The Bertz CT molecular complexity index is 649. The fourth-order valence-corrected chi connectivity index (χ4v) is 2.22. The van der Waals surface area contributed by atoms with Crippen LogP contribution in [0.2, 0.25) is 5.02 Å². The molecular weight excluding hydrogens is 400 g/mol. The van der Waals surface area contributed by atoms with Gasteiger partial charge in [-0.2, -0.15) is 0 Å². The van der Waals surface area contributed by atoms with Crippen molar-refractivity contribution in [1.29, 1.82) is 0 Å². The van der Waals surface area contributed by atoms with Crippen molar-refractivity contribution in [2.75, 3.05) is 5.32 Å². The number of carbonyl (C=O) groups is 1. The van der Waals surface area contributed by atoms with Crippen LogP contribution in [0.4, 0.5) is 10.1 Å². The number of carbonyl (C=O) groups excluding carboxylic acids is 1. The Morgan fingerprint density at radius 1 is 1.21 bits per heavy atom. The van der Waals surface area contributed by atoms with Crippen LogP contribution in [-0.4, -0.2) is 5.91 Å². The standard InChI is InChI=1S/C13H7Br2ClFNO/c14-8-5-4-7(6-10(8)17)13(19)18-11-3-1-2-9(16)12(11)15/h1-6H,(H,18,19). The summed E-state index contributed by atoms with van der Waals surface area (Å²) < 4.78 is 14.3. The van der Waals surface area contributed by atoms with Gasteiger partial charge in [-0.1, -0.05) is 17.7 Å². The van der Waals surface area contributed by atoms with Crippen LogP contribution in [-0.2, 0) is 0 Å². The second-order valence-electron chi connectivity index (χ2n) is 3.68. The van der Waals surface area contributed by atoms with E-state index in [0.717, 1.165) is 6.07 Å². The number of anilines is 1. The molecule has 6 heteroatoms. The SMILES string of the molecule is O=C(Nc1cccc(Cl)c1Br)c1ccc(Br)c(F)c1. The molecule has 0 aliphatic carbocycles. The lowest BCUT2D eigenvalue weighted by atomic mass is 10.2. The van der Waals surface area contributed by atoms with Crippen molar-refractivity contribution in [2.24, 2.45) is 0 Å². The molecule has 19 heavy (non-hydrogen) atoms. The quantitative estimate of drug-likeness (QED) is 0.723. The molecule has 1 amide bonds. The monoisotopic (exact) mass is 405 g/mol. The maximum Gasteiger partial charge on any atom is 0.255 e. The minimum absolute atomic E-state index is 0.229. The van der Waals surface area contributed by atoms with E-state index in [4.69, 9.17) is 11.6 Å². The zero-order valence-corrected chi connectivity index (χ0v) is 13.3. The lowest BCUT2D eigenvalue weighted by Crippen LogP contribution is -2.12. The normalized spacial score (nSPS) is 10.3. The number of hydrogen-bond donors (Lipinski definition) is 1. The molecule has 2 nitrogen and oxygen atoms in total. The van der Waals surface area contributed by atoms with E-state index in [1.807, 2.05) is 0 Å². The van der Waals surface area contributed by atoms with Gasteiger partial charge in [0, 0.05) is 5.56 Å². The molecule has 0 fully saturated rings. The van der Waals surface area contributed by atoms with Crippen LogP contribution in [0.15, 0.2) is 45.3 Å². The molecule has 0 atom stereocenters. The summed E-state index contributed by atoms with van der Waals surface area (Å²) in [5.41, 5.74) is 0.758. The third kappa shape index (κ3) is 3.35. The molecule has 0 saturated heterocycles. The van der Waals surface area contributed by atoms with Gasteiger partial charge in [0.15, 0.2) is 0 Å². The van der Waals surface area contributed by atoms with Gasteiger partial charge in [-0.25, -0.2) is 4.39 Å². The van der Waals surface area contributed by atoms with Crippen LogP contribution in [0.3, 0.4) is 0 Å². The number of halogens is 4. The fraction of sp³-hybridized carbons (Fsp3) is 0. The molecule has 0 aliphatic heterocycles. The Labute approximate surface area is 131 Å². The third-order valence-corrected chi connectivity index (χ3v) is 4.42. The molecule has 0 spiro atoms. The van der Waals surface area contributed by atoms with Crippen molar-refractivity contribution in [3.05, 3.63) is 61.7 Å². The first-order valence-corrected chi connectivity index (χ1v) is 7.16. The Morgan fingerprint density at radius 3 is 2.63 bits per heavy atom. The summed E-state index contributed by atoms with van der Waals surface area (Å²) in [6, 6.07) is 9.28. The minimum atomic E-state index is -0.488. The average molecular weight is 407 g/mol. The van der Waals surface area contributed by atoms with Crippen LogP contribution in [0.25, 0.3) is 0 Å². The van der Waals surface area contributed by atoms with Gasteiger partial charge in [0.25, 0.3) is 5.91 Å². The summed E-state index contributed by atoms with van der Waals surface area (Å²) in [6.07, 6.45) is 0. The first-order valence-electron chi connectivity index (χ1n) is 5.19. The van der Waals surface area contributed by atoms with Crippen LogP contribution < -0.4 is 5.32 Å². The Balaban J connectivity index is 2.26. The summed E-state index contributed by atoms with van der Waals surface area (Å²) in [4.78, 5) is 12.0. The Hall–Kier alpha value is -0.910. The highest BCUT2D eigenvalue weighted by atomic mass is 79.9. The molecule has 98 valence electrons. The summed E-state index contributed by atoms with van der Waals surface area (Å²) in [7, 11) is 0. The van der Waals surface area contributed by atoms with Gasteiger partial charge in [0.1, 0.15) is 5.82 Å². The van der Waals surface area contributed by atoms with Crippen molar-refractivity contribution in [2.45, 2.75) is 0 Å². The van der Waals surface area contributed by atoms with Gasteiger partial charge in [-0.15, -0.1) is 0 Å². The molecule has 0 bridgehead atoms. The molecule has 1 N–H and O–H groups in total. The maximum atomic E-state index is 13.4. The molecule has 0 radical (unpaired) electrons. The second kappa shape index (κ2) is 6.03. The van der Waals surface area contributed by atoms with Gasteiger partial charge in [0.2, 0.25) is 0 Å². The van der Waals surface area contributed by atoms with E-state index in [1.54, 1.807) is 18.2 Å². The summed E-state index contributed by atoms with van der Waals surface area (Å²) in [6.45, 7) is 0. The van der Waals surface area contributed by atoms with Gasteiger partial charge in [-0.3, -0.25) is 4.79 Å². The first-order chi connectivity index (χ1) is 8.99. The van der Waals surface area contributed by atoms with E-state index >= 15 is 0 Å². The summed E-state index contributed by atoms with van der Waals surface area (Å²) >= 11 is 12.2. The molecule has 0 saturated carbocycles. The largest absolute Gasteiger partial charge is 0.321 e. The number of amides is 1. The third-order valence-electron chi connectivity index (χ3n) is 2.38. The summed E-state index contributed by atoms with van der Waals surface area (Å²) in [5.74, 6) is -0.896. The van der Waals surface area contributed by atoms with Gasteiger partial charge >= 0.3 is 0 Å². The number of benzene rings is 2. The highest BCUT2D eigenvalue weighted by Crippen LogP contribution is 2.30. The van der Waals surface area contributed by atoms with Crippen molar-refractivity contribution >= 4 is 55.1 Å². The van der Waals surface area contributed by atoms with E-state index in [9.17, 15) is 9.18 Å².